The van der Waals surface area contributed by atoms with Crippen molar-refractivity contribution in [2.24, 2.45) is 5.92 Å². The summed E-state index contributed by atoms with van der Waals surface area (Å²) in [6, 6.07) is 12.7. The Morgan fingerprint density at radius 3 is 2.62 bits per heavy atom. The van der Waals surface area contributed by atoms with Crippen LogP contribution in [0, 0.1) is 5.92 Å². The van der Waals surface area contributed by atoms with E-state index in [1.807, 2.05) is 6.07 Å². The van der Waals surface area contributed by atoms with E-state index in [0.717, 1.165) is 34.2 Å². The maximum absolute atomic E-state index is 5.42. The molecule has 0 aliphatic carbocycles. The second kappa shape index (κ2) is 7.00. The third kappa shape index (κ3) is 3.40. The number of hydrogen-bond acceptors (Lipinski definition) is 3. The Morgan fingerprint density at radius 2 is 1.88 bits per heavy atom. The lowest BCUT2D eigenvalue weighted by atomic mass is 9.95. The van der Waals surface area contributed by atoms with Gasteiger partial charge in [0.2, 0.25) is 0 Å². The van der Waals surface area contributed by atoms with Gasteiger partial charge in [0, 0.05) is 22.8 Å². The molecule has 1 aromatic carbocycles. The van der Waals surface area contributed by atoms with E-state index in [-0.39, 0.29) is 0 Å². The molecule has 0 aliphatic rings. The van der Waals surface area contributed by atoms with Crippen LogP contribution in [-0.2, 0) is 0 Å². The standard InChI is InChI=1S/C21H24N2O/c1-14(2)11-15(3)19-7-6-17-12-16(5-8-20(17)23-19)18-9-10-22-13-21(18)24-4/h5-10,12-15H,11H2,1-4H3. The van der Waals surface area contributed by atoms with Crippen LogP contribution in [-0.4, -0.2) is 17.1 Å². The van der Waals surface area contributed by atoms with Crippen molar-refractivity contribution >= 4 is 10.9 Å². The quantitative estimate of drug-likeness (QED) is 0.626. The maximum atomic E-state index is 5.42. The molecule has 0 radical (unpaired) electrons. The highest BCUT2D eigenvalue weighted by atomic mass is 16.5. The average molecular weight is 320 g/mol. The molecule has 0 fully saturated rings. The second-order valence-electron chi connectivity index (χ2n) is 6.75. The minimum Gasteiger partial charge on any atom is -0.494 e. The van der Waals surface area contributed by atoms with Crippen LogP contribution >= 0.6 is 0 Å². The molecule has 3 rings (SSSR count). The van der Waals surface area contributed by atoms with Crippen LogP contribution in [0.3, 0.4) is 0 Å². The molecule has 0 N–H and O–H groups in total. The number of ether oxygens (including phenoxy) is 1. The topological polar surface area (TPSA) is 35.0 Å². The molecule has 0 saturated heterocycles. The maximum Gasteiger partial charge on any atom is 0.144 e. The van der Waals surface area contributed by atoms with Crippen molar-refractivity contribution in [2.45, 2.75) is 33.1 Å². The number of fused-ring (bicyclic) bond motifs is 1. The van der Waals surface area contributed by atoms with Gasteiger partial charge < -0.3 is 4.74 Å². The number of aromatic nitrogens is 2. The molecule has 1 atom stereocenters. The van der Waals surface area contributed by atoms with E-state index >= 15 is 0 Å². The summed E-state index contributed by atoms with van der Waals surface area (Å²) in [5.74, 6) is 1.94. The molecule has 0 amide bonds. The number of methoxy groups -OCH3 is 1. The Hall–Kier alpha value is -2.42. The molecule has 124 valence electrons. The third-order valence-corrected chi connectivity index (χ3v) is 4.36. The molecule has 0 saturated carbocycles. The van der Waals surface area contributed by atoms with Crippen molar-refractivity contribution in [3.8, 4) is 16.9 Å². The summed E-state index contributed by atoms with van der Waals surface area (Å²) in [5, 5.41) is 1.15. The first kappa shape index (κ1) is 16.4. The first-order valence-electron chi connectivity index (χ1n) is 8.47. The van der Waals surface area contributed by atoms with E-state index in [9.17, 15) is 0 Å². The van der Waals surface area contributed by atoms with Crippen LogP contribution in [0.15, 0.2) is 48.8 Å². The van der Waals surface area contributed by atoms with E-state index in [2.05, 4.69) is 56.1 Å². The second-order valence-corrected chi connectivity index (χ2v) is 6.75. The van der Waals surface area contributed by atoms with Gasteiger partial charge in [0.15, 0.2) is 0 Å². The van der Waals surface area contributed by atoms with Crippen LogP contribution in [0.2, 0.25) is 0 Å². The van der Waals surface area contributed by atoms with Crippen molar-refractivity contribution in [3.63, 3.8) is 0 Å². The van der Waals surface area contributed by atoms with Gasteiger partial charge in [-0.2, -0.15) is 0 Å². The van der Waals surface area contributed by atoms with Crippen molar-refractivity contribution in [3.05, 3.63) is 54.5 Å². The molecule has 0 spiro atoms. The molecule has 1 unspecified atom stereocenters. The number of pyridine rings is 2. The zero-order valence-corrected chi connectivity index (χ0v) is 14.8. The lowest BCUT2D eigenvalue weighted by Crippen LogP contribution is -2.01. The normalized spacial score (nSPS) is 12.5. The van der Waals surface area contributed by atoms with Gasteiger partial charge in [0.1, 0.15) is 5.75 Å². The van der Waals surface area contributed by atoms with Crippen molar-refractivity contribution in [2.75, 3.05) is 7.11 Å². The molecular formula is C21H24N2O. The van der Waals surface area contributed by atoms with Gasteiger partial charge in [-0.05, 0) is 48.1 Å². The van der Waals surface area contributed by atoms with Gasteiger partial charge in [-0.3, -0.25) is 9.97 Å². The van der Waals surface area contributed by atoms with Crippen molar-refractivity contribution < 1.29 is 4.74 Å². The summed E-state index contributed by atoms with van der Waals surface area (Å²) in [6.07, 6.45) is 4.69. The fourth-order valence-electron chi connectivity index (χ4n) is 3.19. The average Bonchev–Trinajstić information content (AvgIpc) is 2.60. The van der Waals surface area contributed by atoms with Gasteiger partial charge in [0.25, 0.3) is 0 Å². The molecule has 3 nitrogen and oxygen atoms in total. The minimum absolute atomic E-state index is 0.481. The first-order valence-corrected chi connectivity index (χ1v) is 8.47. The predicted octanol–water partition coefficient (Wildman–Crippen LogP) is 5.46. The molecule has 24 heavy (non-hydrogen) atoms. The highest BCUT2D eigenvalue weighted by molar-refractivity contribution is 5.85. The number of rotatable bonds is 5. The summed E-state index contributed by atoms with van der Waals surface area (Å²) in [7, 11) is 1.67. The zero-order chi connectivity index (χ0) is 17.1. The summed E-state index contributed by atoms with van der Waals surface area (Å²) in [5.41, 5.74) is 4.38. The van der Waals surface area contributed by atoms with Crippen molar-refractivity contribution in [1.29, 1.82) is 0 Å². The summed E-state index contributed by atoms with van der Waals surface area (Å²) in [4.78, 5) is 8.98. The number of hydrogen-bond donors (Lipinski definition) is 0. The molecule has 0 bridgehead atoms. The van der Waals surface area contributed by atoms with Gasteiger partial charge >= 0.3 is 0 Å². The zero-order valence-electron chi connectivity index (χ0n) is 14.8. The molecule has 2 heterocycles. The van der Waals surface area contributed by atoms with Crippen LogP contribution in [0.1, 0.15) is 38.8 Å². The lowest BCUT2D eigenvalue weighted by molar-refractivity contribution is 0.414. The van der Waals surface area contributed by atoms with Gasteiger partial charge in [-0.1, -0.05) is 32.9 Å². The Bertz CT molecular complexity index is 842. The summed E-state index contributed by atoms with van der Waals surface area (Å²) < 4.78 is 5.42. The monoisotopic (exact) mass is 320 g/mol. The Balaban J connectivity index is 1.98. The van der Waals surface area contributed by atoms with Crippen LogP contribution in [0.4, 0.5) is 0 Å². The van der Waals surface area contributed by atoms with Crippen molar-refractivity contribution in [1.82, 2.24) is 9.97 Å². The minimum atomic E-state index is 0.481. The van der Waals surface area contributed by atoms with Gasteiger partial charge in [-0.25, -0.2) is 0 Å². The predicted molar refractivity (Wildman–Crippen MR) is 99.4 cm³/mol. The fraction of sp³-hybridized carbons (Fsp3) is 0.333. The summed E-state index contributed by atoms with van der Waals surface area (Å²) in [6.45, 7) is 6.77. The lowest BCUT2D eigenvalue weighted by Gasteiger charge is -2.14. The SMILES string of the molecule is COc1cnccc1-c1ccc2nc(C(C)CC(C)C)ccc2c1. The first-order chi connectivity index (χ1) is 11.6. The fourth-order valence-corrected chi connectivity index (χ4v) is 3.19. The van der Waals surface area contributed by atoms with E-state index in [0.29, 0.717) is 11.8 Å². The highest BCUT2D eigenvalue weighted by Gasteiger charge is 2.11. The molecule has 3 heteroatoms. The van der Waals surface area contributed by atoms with Crippen LogP contribution in [0.25, 0.3) is 22.0 Å². The third-order valence-electron chi connectivity index (χ3n) is 4.36. The number of benzene rings is 1. The number of nitrogens with zero attached hydrogens (tertiary/aromatic N) is 2. The van der Waals surface area contributed by atoms with Crippen LogP contribution in [0.5, 0.6) is 5.75 Å². The largest absolute Gasteiger partial charge is 0.494 e. The van der Waals surface area contributed by atoms with Gasteiger partial charge in [-0.15, -0.1) is 0 Å². The Kier molecular flexibility index (Phi) is 4.79. The molecular weight excluding hydrogens is 296 g/mol. The summed E-state index contributed by atoms with van der Waals surface area (Å²) >= 11 is 0. The van der Waals surface area contributed by atoms with E-state index in [1.165, 1.54) is 5.69 Å². The highest BCUT2D eigenvalue weighted by Crippen LogP contribution is 2.31. The smallest absolute Gasteiger partial charge is 0.144 e. The molecule has 0 aliphatic heterocycles. The van der Waals surface area contributed by atoms with Gasteiger partial charge in [0.05, 0.1) is 18.8 Å². The Labute approximate surface area is 143 Å². The van der Waals surface area contributed by atoms with E-state index in [1.54, 1.807) is 19.5 Å². The van der Waals surface area contributed by atoms with Crippen LogP contribution < -0.4 is 4.74 Å². The molecule has 2 aromatic heterocycles. The van der Waals surface area contributed by atoms with E-state index in [4.69, 9.17) is 9.72 Å². The molecule has 3 aromatic rings. The van der Waals surface area contributed by atoms with E-state index < -0.39 is 0 Å². The Morgan fingerprint density at radius 1 is 1.04 bits per heavy atom.